The molecule has 1 fully saturated rings. The average molecular weight is 313 g/mol. The lowest BCUT2D eigenvalue weighted by Crippen LogP contribution is -2.42. The molecule has 1 atom stereocenters. The molecule has 4 heteroatoms. The molecule has 1 saturated heterocycles. The molecule has 0 bridgehead atoms. The molecule has 0 spiro atoms. The Morgan fingerprint density at radius 1 is 0.955 bits per heavy atom. The predicted molar refractivity (Wildman–Crippen MR) is 88.9 cm³/mol. The van der Waals surface area contributed by atoms with Gasteiger partial charge in [0.2, 0.25) is 5.91 Å². The zero-order chi connectivity index (χ0) is 15.2. The third kappa shape index (κ3) is 3.70. The van der Waals surface area contributed by atoms with Crippen molar-refractivity contribution < 1.29 is 9.53 Å². The molecule has 1 heterocycles. The number of amides is 1. The summed E-state index contributed by atoms with van der Waals surface area (Å²) in [4.78, 5) is 16.0. The average Bonchev–Trinajstić information content (AvgIpc) is 2.61. The molecular formula is C18H19NO2S. The van der Waals surface area contributed by atoms with Crippen LogP contribution in [0.2, 0.25) is 0 Å². The number of morpholine rings is 1. The van der Waals surface area contributed by atoms with E-state index in [1.165, 1.54) is 0 Å². The van der Waals surface area contributed by atoms with Crippen LogP contribution in [-0.2, 0) is 9.53 Å². The van der Waals surface area contributed by atoms with Gasteiger partial charge in [0.25, 0.3) is 0 Å². The molecule has 3 nitrogen and oxygen atoms in total. The maximum atomic E-state index is 13.0. The maximum Gasteiger partial charge on any atom is 0.240 e. The van der Waals surface area contributed by atoms with Crippen molar-refractivity contribution in [1.29, 1.82) is 0 Å². The lowest BCUT2D eigenvalue weighted by atomic mass is 10.1. The van der Waals surface area contributed by atoms with Crippen molar-refractivity contribution in [2.75, 3.05) is 26.3 Å². The van der Waals surface area contributed by atoms with Gasteiger partial charge >= 0.3 is 0 Å². The highest BCUT2D eigenvalue weighted by Gasteiger charge is 2.27. The van der Waals surface area contributed by atoms with Crippen molar-refractivity contribution in [2.24, 2.45) is 0 Å². The van der Waals surface area contributed by atoms with Crippen LogP contribution in [0.3, 0.4) is 0 Å². The van der Waals surface area contributed by atoms with Gasteiger partial charge in [-0.3, -0.25) is 4.79 Å². The normalized spacial score (nSPS) is 16.3. The van der Waals surface area contributed by atoms with Gasteiger partial charge in [-0.2, -0.15) is 0 Å². The van der Waals surface area contributed by atoms with Crippen LogP contribution < -0.4 is 0 Å². The number of rotatable bonds is 4. The minimum absolute atomic E-state index is 0.170. The van der Waals surface area contributed by atoms with E-state index in [0.717, 1.165) is 10.5 Å². The van der Waals surface area contributed by atoms with Crippen molar-refractivity contribution in [2.45, 2.75) is 10.1 Å². The SMILES string of the molecule is O=C([C@@H](Sc1ccccc1)c1ccccc1)N1CCOCC1. The van der Waals surface area contributed by atoms with E-state index in [-0.39, 0.29) is 11.2 Å². The van der Waals surface area contributed by atoms with Crippen LogP contribution in [0.25, 0.3) is 0 Å². The summed E-state index contributed by atoms with van der Waals surface area (Å²) in [6, 6.07) is 20.1. The number of ether oxygens (including phenoxy) is 1. The fourth-order valence-electron chi connectivity index (χ4n) is 2.47. The molecular weight excluding hydrogens is 294 g/mol. The largest absolute Gasteiger partial charge is 0.378 e. The molecule has 3 rings (SSSR count). The number of benzene rings is 2. The number of carbonyl (C=O) groups is 1. The summed E-state index contributed by atoms with van der Waals surface area (Å²) < 4.78 is 5.35. The van der Waals surface area contributed by atoms with E-state index < -0.39 is 0 Å². The number of thioether (sulfide) groups is 1. The summed E-state index contributed by atoms with van der Waals surface area (Å²) in [6.07, 6.45) is 0. The molecule has 0 N–H and O–H groups in total. The second-order valence-corrected chi connectivity index (χ2v) is 6.34. The van der Waals surface area contributed by atoms with Crippen LogP contribution in [0.5, 0.6) is 0 Å². The van der Waals surface area contributed by atoms with Gasteiger partial charge < -0.3 is 9.64 Å². The van der Waals surface area contributed by atoms with E-state index in [9.17, 15) is 4.79 Å². The first kappa shape index (κ1) is 15.1. The van der Waals surface area contributed by atoms with E-state index in [1.807, 2.05) is 65.6 Å². The van der Waals surface area contributed by atoms with E-state index in [2.05, 4.69) is 0 Å². The van der Waals surface area contributed by atoms with E-state index in [4.69, 9.17) is 4.74 Å². The summed E-state index contributed by atoms with van der Waals surface area (Å²) in [6.45, 7) is 2.61. The zero-order valence-corrected chi connectivity index (χ0v) is 13.2. The Kier molecular flexibility index (Phi) is 5.14. The Morgan fingerprint density at radius 2 is 1.55 bits per heavy atom. The smallest absolute Gasteiger partial charge is 0.240 e. The van der Waals surface area contributed by atoms with Crippen LogP contribution in [0.15, 0.2) is 65.6 Å². The molecule has 22 heavy (non-hydrogen) atoms. The predicted octanol–water partition coefficient (Wildman–Crippen LogP) is 3.38. The molecule has 0 aliphatic carbocycles. The molecule has 114 valence electrons. The van der Waals surface area contributed by atoms with Crippen LogP contribution in [-0.4, -0.2) is 37.1 Å². The lowest BCUT2D eigenvalue weighted by Gasteiger charge is -2.30. The van der Waals surface area contributed by atoms with Crippen molar-refractivity contribution in [3.63, 3.8) is 0 Å². The fourth-order valence-corrected chi connectivity index (χ4v) is 3.60. The summed E-state index contributed by atoms with van der Waals surface area (Å²) in [5.41, 5.74) is 1.05. The number of hydrogen-bond donors (Lipinski definition) is 0. The highest BCUT2D eigenvalue weighted by atomic mass is 32.2. The van der Waals surface area contributed by atoms with Gasteiger partial charge in [0, 0.05) is 18.0 Å². The maximum absolute atomic E-state index is 13.0. The summed E-state index contributed by atoms with van der Waals surface area (Å²) >= 11 is 1.61. The first-order chi connectivity index (χ1) is 10.8. The third-order valence-corrected chi connectivity index (χ3v) is 4.90. The molecule has 1 amide bonds. The second kappa shape index (κ2) is 7.47. The van der Waals surface area contributed by atoms with E-state index in [1.54, 1.807) is 11.8 Å². The van der Waals surface area contributed by atoms with Gasteiger partial charge in [-0.1, -0.05) is 48.5 Å². The van der Waals surface area contributed by atoms with Crippen molar-refractivity contribution in [1.82, 2.24) is 4.90 Å². The number of nitrogens with zero attached hydrogens (tertiary/aromatic N) is 1. The van der Waals surface area contributed by atoms with Gasteiger partial charge in [-0.05, 0) is 17.7 Å². The van der Waals surface area contributed by atoms with Crippen LogP contribution in [0.1, 0.15) is 10.8 Å². The Morgan fingerprint density at radius 3 is 2.18 bits per heavy atom. The minimum atomic E-state index is -0.207. The Hall–Kier alpha value is -1.78. The van der Waals surface area contributed by atoms with Crippen molar-refractivity contribution in [3.05, 3.63) is 66.2 Å². The van der Waals surface area contributed by atoms with Crippen LogP contribution in [0.4, 0.5) is 0 Å². The van der Waals surface area contributed by atoms with Gasteiger partial charge in [0.1, 0.15) is 5.25 Å². The summed E-state index contributed by atoms with van der Waals surface area (Å²) in [5.74, 6) is 0.170. The van der Waals surface area contributed by atoms with E-state index in [0.29, 0.717) is 26.3 Å². The molecule has 1 aliphatic heterocycles. The molecule has 0 aromatic heterocycles. The van der Waals surface area contributed by atoms with Gasteiger partial charge in [0.05, 0.1) is 13.2 Å². The van der Waals surface area contributed by atoms with Gasteiger partial charge in [0.15, 0.2) is 0 Å². The third-order valence-electron chi connectivity index (χ3n) is 3.65. The highest BCUT2D eigenvalue weighted by Crippen LogP contribution is 2.36. The number of hydrogen-bond acceptors (Lipinski definition) is 3. The van der Waals surface area contributed by atoms with Gasteiger partial charge in [-0.25, -0.2) is 0 Å². The molecule has 1 aliphatic rings. The Bertz CT molecular complexity index is 597. The quantitative estimate of drug-likeness (QED) is 0.811. The standard InChI is InChI=1S/C18H19NO2S/c20-18(19-11-13-21-14-12-19)17(15-7-3-1-4-8-15)22-16-9-5-2-6-10-16/h1-10,17H,11-14H2/t17-/m0/s1. The molecule has 0 saturated carbocycles. The molecule has 2 aromatic rings. The van der Waals surface area contributed by atoms with Crippen molar-refractivity contribution >= 4 is 17.7 Å². The van der Waals surface area contributed by atoms with Crippen LogP contribution >= 0.6 is 11.8 Å². The van der Waals surface area contributed by atoms with Gasteiger partial charge in [-0.15, -0.1) is 11.8 Å². The van der Waals surface area contributed by atoms with E-state index >= 15 is 0 Å². The minimum Gasteiger partial charge on any atom is -0.378 e. The first-order valence-electron chi connectivity index (χ1n) is 7.48. The molecule has 2 aromatic carbocycles. The van der Waals surface area contributed by atoms with Crippen molar-refractivity contribution in [3.8, 4) is 0 Å². The lowest BCUT2D eigenvalue weighted by molar-refractivity contribution is -0.134. The fraction of sp³-hybridized carbons (Fsp3) is 0.278. The second-order valence-electron chi connectivity index (χ2n) is 5.16. The topological polar surface area (TPSA) is 29.5 Å². The number of carbonyl (C=O) groups excluding carboxylic acids is 1. The Balaban J connectivity index is 1.84. The molecule has 0 radical (unpaired) electrons. The summed E-state index contributed by atoms with van der Waals surface area (Å²) in [7, 11) is 0. The highest BCUT2D eigenvalue weighted by molar-refractivity contribution is 8.00. The zero-order valence-electron chi connectivity index (χ0n) is 12.4. The first-order valence-corrected chi connectivity index (χ1v) is 8.36. The summed E-state index contributed by atoms with van der Waals surface area (Å²) in [5, 5.41) is -0.207. The van der Waals surface area contributed by atoms with Crippen LogP contribution in [0, 0.1) is 0 Å². The monoisotopic (exact) mass is 313 g/mol. The molecule has 0 unspecified atom stereocenters. The Labute approximate surface area is 135 Å².